The Kier molecular flexibility index (Phi) is 6.19. The molecule has 0 atom stereocenters. The Bertz CT molecular complexity index is 411. The number of hydrogen-bond acceptors (Lipinski definition) is 2. The van der Waals surface area contributed by atoms with Crippen LogP contribution in [0.4, 0.5) is 5.69 Å². The molecular formula is C16H23ClN2O. The predicted octanol–water partition coefficient (Wildman–Crippen LogP) is 3.98. The molecule has 0 saturated heterocycles. The molecule has 110 valence electrons. The summed E-state index contributed by atoms with van der Waals surface area (Å²) >= 11 is 5.83. The van der Waals surface area contributed by atoms with Crippen LogP contribution in [0.1, 0.15) is 44.9 Å². The summed E-state index contributed by atoms with van der Waals surface area (Å²) in [6, 6.07) is 7.92. The van der Waals surface area contributed by atoms with Crippen LogP contribution in [-0.2, 0) is 4.79 Å². The molecule has 2 rings (SSSR count). The molecule has 1 aliphatic carbocycles. The quantitative estimate of drug-likeness (QED) is 0.807. The number of amides is 1. The van der Waals surface area contributed by atoms with Crippen LogP contribution < -0.4 is 10.6 Å². The molecule has 1 fully saturated rings. The highest BCUT2D eigenvalue weighted by molar-refractivity contribution is 6.30. The number of halogens is 1. The van der Waals surface area contributed by atoms with Gasteiger partial charge in [-0.25, -0.2) is 0 Å². The van der Waals surface area contributed by atoms with Crippen LogP contribution in [-0.4, -0.2) is 18.5 Å². The molecule has 1 saturated carbocycles. The van der Waals surface area contributed by atoms with Gasteiger partial charge in [0.25, 0.3) is 0 Å². The van der Waals surface area contributed by atoms with Crippen molar-refractivity contribution in [3.63, 3.8) is 0 Å². The first kappa shape index (κ1) is 15.2. The molecule has 4 heteroatoms. The number of carbonyl (C=O) groups excluding carboxylic acids is 1. The van der Waals surface area contributed by atoms with Gasteiger partial charge < -0.3 is 10.6 Å². The van der Waals surface area contributed by atoms with E-state index in [0.29, 0.717) is 19.0 Å². The average Bonchev–Trinajstić information content (AvgIpc) is 2.70. The Morgan fingerprint density at radius 1 is 1.10 bits per heavy atom. The average molecular weight is 295 g/mol. The van der Waals surface area contributed by atoms with Gasteiger partial charge in [-0.1, -0.05) is 37.3 Å². The van der Waals surface area contributed by atoms with E-state index >= 15 is 0 Å². The summed E-state index contributed by atoms with van der Waals surface area (Å²) in [5.41, 5.74) is 0.997. The predicted molar refractivity (Wildman–Crippen MR) is 84.2 cm³/mol. The van der Waals surface area contributed by atoms with E-state index in [-0.39, 0.29) is 5.91 Å². The molecule has 0 radical (unpaired) electrons. The second kappa shape index (κ2) is 8.15. The van der Waals surface area contributed by atoms with Crippen molar-refractivity contribution in [3.8, 4) is 0 Å². The Labute approximate surface area is 126 Å². The van der Waals surface area contributed by atoms with E-state index in [9.17, 15) is 4.79 Å². The maximum Gasteiger partial charge on any atom is 0.221 e. The van der Waals surface area contributed by atoms with Crippen molar-refractivity contribution < 1.29 is 4.79 Å². The number of nitrogens with one attached hydrogen (secondary N) is 2. The van der Waals surface area contributed by atoms with Crippen LogP contribution >= 0.6 is 11.6 Å². The summed E-state index contributed by atoms with van der Waals surface area (Å²) in [5, 5.41) is 7.11. The summed E-state index contributed by atoms with van der Waals surface area (Å²) in [4.78, 5) is 11.9. The minimum absolute atomic E-state index is 0.151. The first-order chi connectivity index (χ1) is 9.74. The second-order valence-corrected chi connectivity index (χ2v) is 5.88. The molecule has 1 aliphatic rings. The van der Waals surface area contributed by atoms with Crippen LogP contribution in [0, 0.1) is 0 Å². The smallest absolute Gasteiger partial charge is 0.221 e. The highest BCUT2D eigenvalue weighted by Crippen LogP contribution is 2.17. The fraction of sp³-hybridized carbons (Fsp3) is 0.562. The largest absolute Gasteiger partial charge is 0.385 e. The van der Waals surface area contributed by atoms with Crippen molar-refractivity contribution in [1.82, 2.24) is 5.32 Å². The molecule has 20 heavy (non-hydrogen) atoms. The molecule has 0 heterocycles. The molecule has 3 nitrogen and oxygen atoms in total. The molecule has 1 aromatic carbocycles. The summed E-state index contributed by atoms with van der Waals surface area (Å²) in [6.07, 6.45) is 7.89. The monoisotopic (exact) mass is 294 g/mol. The van der Waals surface area contributed by atoms with Gasteiger partial charge in [-0.05, 0) is 37.1 Å². The molecule has 0 bridgehead atoms. The number of anilines is 1. The molecule has 1 aromatic rings. The zero-order chi connectivity index (χ0) is 14.2. The van der Waals surface area contributed by atoms with E-state index in [1.807, 2.05) is 24.3 Å². The van der Waals surface area contributed by atoms with Crippen molar-refractivity contribution >= 4 is 23.2 Å². The molecule has 1 amide bonds. The minimum Gasteiger partial charge on any atom is -0.385 e. The van der Waals surface area contributed by atoms with Gasteiger partial charge in [0.05, 0.1) is 0 Å². The molecule has 2 N–H and O–H groups in total. The maximum atomic E-state index is 11.9. The third kappa shape index (κ3) is 5.41. The number of hydrogen-bond donors (Lipinski definition) is 2. The lowest BCUT2D eigenvalue weighted by Gasteiger charge is -2.16. The highest BCUT2D eigenvalue weighted by Gasteiger charge is 2.14. The normalized spacial score (nSPS) is 16.4. The first-order valence-corrected chi connectivity index (χ1v) is 7.90. The summed E-state index contributed by atoms with van der Waals surface area (Å²) in [7, 11) is 0. The summed E-state index contributed by atoms with van der Waals surface area (Å²) in [6.45, 7) is 0.653. The highest BCUT2D eigenvalue weighted by atomic mass is 35.5. The lowest BCUT2D eigenvalue weighted by Crippen LogP contribution is -2.35. The van der Waals surface area contributed by atoms with E-state index in [1.54, 1.807) is 0 Å². The number of carbonyl (C=O) groups is 1. The van der Waals surface area contributed by atoms with E-state index in [1.165, 1.54) is 25.7 Å². The molecule has 0 unspecified atom stereocenters. The van der Waals surface area contributed by atoms with Gasteiger partial charge in [-0.3, -0.25) is 4.79 Å². The standard InChI is InChI=1S/C16H23ClN2O/c17-13-7-9-14(10-8-13)18-12-11-16(20)19-15-5-3-1-2-4-6-15/h7-10,15,18H,1-6,11-12H2,(H,19,20). The Morgan fingerprint density at radius 2 is 1.75 bits per heavy atom. The molecule has 0 aliphatic heterocycles. The van der Waals surface area contributed by atoms with Crippen molar-refractivity contribution in [2.75, 3.05) is 11.9 Å². The Morgan fingerprint density at radius 3 is 2.40 bits per heavy atom. The Balaban J connectivity index is 1.65. The van der Waals surface area contributed by atoms with Gasteiger partial charge in [0.15, 0.2) is 0 Å². The number of rotatable bonds is 5. The van der Waals surface area contributed by atoms with Gasteiger partial charge in [0, 0.05) is 29.7 Å². The third-order valence-electron chi connectivity index (χ3n) is 3.75. The lowest BCUT2D eigenvalue weighted by atomic mass is 10.1. The van der Waals surface area contributed by atoms with Crippen molar-refractivity contribution in [2.24, 2.45) is 0 Å². The van der Waals surface area contributed by atoms with Crippen molar-refractivity contribution in [2.45, 2.75) is 51.0 Å². The lowest BCUT2D eigenvalue weighted by molar-refractivity contribution is -0.121. The van der Waals surface area contributed by atoms with Gasteiger partial charge in [-0.2, -0.15) is 0 Å². The molecule has 0 aromatic heterocycles. The summed E-state index contributed by atoms with van der Waals surface area (Å²) in [5.74, 6) is 0.151. The van der Waals surface area contributed by atoms with Crippen LogP contribution in [0.5, 0.6) is 0 Å². The SMILES string of the molecule is O=C(CCNc1ccc(Cl)cc1)NC1CCCCCC1. The summed E-state index contributed by atoms with van der Waals surface area (Å²) < 4.78 is 0. The fourth-order valence-corrected chi connectivity index (χ4v) is 2.74. The third-order valence-corrected chi connectivity index (χ3v) is 4.00. The fourth-order valence-electron chi connectivity index (χ4n) is 2.61. The van der Waals surface area contributed by atoms with Crippen LogP contribution in [0.2, 0.25) is 5.02 Å². The van der Waals surface area contributed by atoms with E-state index in [4.69, 9.17) is 11.6 Å². The molecule has 0 spiro atoms. The van der Waals surface area contributed by atoms with Crippen LogP contribution in [0.15, 0.2) is 24.3 Å². The van der Waals surface area contributed by atoms with Gasteiger partial charge in [-0.15, -0.1) is 0 Å². The number of benzene rings is 1. The minimum atomic E-state index is 0.151. The first-order valence-electron chi connectivity index (χ1n) is 7.53. The van der Waals surface area contributed by atoms with Gasteiger partial charge in [0.1, 0.15) is 0 Å². The zero-order valence-electron chi connectivity index (χ0n) is 11.8. The van der Waals surface area contributed by atoms with Gasteiger partial charge in [0.2, 0.25) is 5.91 Å². The second-order valence-electron chi connectivity index (χ2n) is 5.44. The Hall–Kier alpha value is -1.22. The van der Waals surface area contributed by atoms with Crippen molar-refractivity contribution in [3.05, 3.63) is 29.3 Å². The maximum absolute atomic E-state index is 11.9. The van der Waals surface area contributed by atoms with E-state index in [2.05, 4.69) is 10.6 Å². The zero-order valence-corrected chi connectivity index (χ0v) is 12.6. The van der Waals surface area contributed by atoms with E-state index in [0.717, 1.165) is 23.6 Å². The van der Waals surface area contributed by atoms with Crippen LogP contribution in [0.3, 0.4) is 0 Å². The van der Waals surface area contributed by atoms with Gasteiger partial charge >= 0.3 is 0 Å². The molecular weight excluding hydrogens is 272 g/mol. The topological polar surface area (TPSA) is 41.1 Å². The van der Waals surface area contributed by atoms with E-state index < -0.39 is 0 Å². The van der Waals surface area contributed by atoms with Crippen molar-refractivity contribution in [1.29, 1.82) is 0 Å². The van der Waals surface area contributed by atoms with Crippen LogP contribution in [0.25, 0.3) is 0 Å².